The van der Waals surface area contributed by atoms with Crippen LogP contribution in [0.5, 0.6) is 0 Å². The molecule has 30 heavy (non-hydrogen) atoms. The summed E-state index contributed by atoms with van der Waals surface area (Å²) >= 11 is 1.42. The molecule has 0 fully saturated rings. The van der Waals surface area contributed by atoms with Crippen molar-refractivity contribution in [2.45, 2.75) is 6.92 Å². The lowest BCUT2D eigenvalue weighted by molar-refractivity contribution is 0.102. The van der Waals surface area contributed by atoms with Crippen molar-refractivity contribution in [3.05, 3.63) is 99.8 Å². The van der Waals surface area contributed by atoms with Gasteiger partial charge in [0.1, 0.15) is 0 Å². The lowest BCUT2D eigenvalue weighted by Gasteiger charge is -2.10. The van der Waals surface area contributed by atoms with Crippen LogP contribution in [-0.2, 0) is 0 Å². The Kier molecular flexibility index (Phi) is 4.41. The maximum Gasteiger partial charge on any atom is 0.259 e. The predicted octanol–water partition coefficient (Wildman–Crippen LogP) is 5.14. The molecule has 1 N–H and O–H groups in total. The molecule has 146 valence electrons. The fraction of sp³-hybridized carbons (Fsp3) is 0.0417. The van der Waals surface area contributed by atoms with Crippen LogP contribution < -0.4 is 10.9 Å². The summed E-state index contributed by atoms with van der Waals surface area (Å²) in [6, 6.07) is 22.5. The number of benzene rings is 3. The molecular weight excluding hydrogens is 394 g/mol. The Hall–Kier alpha value is -3.77. The Labute approximate surface area is 176 Å². The van der Waals surface area contributed by atoms with E-state index in [1.54, 1.807) is 4.40 Å². The van der Waals surface area contributed by atoms with Crippen LogP contribution >= 0.6 is 11.3 Å². The first kappa shape index (κ1) is 18.3. The second-order valence-electron chi connectivity index (χ2n) is 7.04. The van der Waals surface area contributed by atoms with E-state index in [9.17, 15) is 9.59 Å². The molecule has 0 bridgehead atoms. The first-order valence-electron chi connectivity index (χ1n) is 9.47. The zero-order chi connectivity index (χ0) is 20.7. The summed E-state index contributed by atoms with van der Waals surface area (Å²) in [6.07, 6.45) is 0. The minimum absolute atomic E-state index is 0.112. The standard InChI is InChI=1S/C24H17N3O2S/c1-15-12-22(28)27-21(14-30-24(27)25-15)17-8-4-9-18(13-17)26-23(29)20-11-5-7-16-6-2-3-10-19(16)20/h2-14H,1H3,(H,26,29). The van der Waals surface area contributed by atoms with Crippen LogP contribution in [0.3, 0.4) is 0 Å². The first-order chi connectivity index (χ1) is 14.6. The summed E-state index contributed by atoms with van der Waals surface area (Å²) in [5.74, 6) is -0.173. The molecular formula is C24H17N3O2S. The quantitative estimate of drug-likeness (QED) is 0.447. The van der Waals surface area contributed by atoms with Gasteiger partial charge in [0.15, 0.2) is 4.96 Å². The third-order valence-electron chi connectivity index (χ3n) is 4.98. The lowest BCUT2D eigenvalue weighted by atomic mass is 10.0. The number of nitrogens with zero attached hydrogens (tertiary/aromatic N) is 2. The van der Waals surface area contributed by atoms with Crippen molar-refractivity contribution in [3.63, 3.8) is 0 Å². The smallest absolute Gasteiger partial charge is 0.259 e. The van der Waals surface area contributed by atoms with Gasteiger partial charge >= 0.3 is 0 Å². The molecule has 0 aliphatic rings. The van der Waals surface area contributed by atoms with Crippen LogP contribution in [0.1, 0.15) is 16.1 Å². The van der Waals surface area contributed by atoms with E-state index in [1.807, 2.05) is 79.0 Å². The maximum absolute atomic E-state index is 13.0. The Morgan fingerprint density at radius 1 is 1.00 bits per heavy atom. The van der Waals surface area contributed by atoms with Crippen molar-refractivity contribution >= 4 is 38.7 Å². The molecule has 0 radical (unpaired) electrons. The van der Waals surface area contributed by atoms with Crippen molar-refractivity contribution in [2.24, 2.45) is 0 Å². The van der Waals surface area contributed by atoms with Crippen molar-refractivity contribution in [1.82, 2.24) is 9.38 Å². The third-order valence-corrected chi connectivity index (χ3v) is 5.81. The number of carbonyl (C=O) groups excluding carboxylic acids is 1. The fourth-order valence-corrected chi connectivity index (χ4v) is 4.56. The van der Waals surface area contributed by atoms with Gasteiger partial charge < -0.3 is 5.32 Å². The van der Waals surface area contributed by atoms with Gasteiger partial charge in [-0.2, -0.15) is 0 Å². The van der Waals surface area contributed by atoms with Crippen LogP contribution in [0.4, 0.5) is 5.69 Å². The van der Waals surface area contributed by atoms with Crippen LogP contribution in [0, 0.1) is 6.92 Å². The topological polar surface area (TPSA) is 63.5 Å². The molecule has 1 amide bonds. The van der Waals surface area contributed by atoms with E-state index < -0.39 is 0 Å². The lowest BCUT2D eigenvalue weighted by Crippen LogP contribution is -2.14. The Balaban J connectivity index is 1.52. The van der Waals surface area contributed by atoms with Gasteiger partial charge in [0.25, 0.3) is 11.5 Å². The highest BCUT2D eigenvalue weighted by atomic mass is 32.1. The number of anilines is 1. The van der Waals surface area contributed by atoms with Crippen LogP contribution in [-0.4, -0.2) is 15.3 Å². The summed E-state index contributed by atoms with van der Waals surface area (Å²) in [6.45, 7) is 1.81. The monoisotopic (exact) mass is 411 g/mol. The molecule has 6 heteroatoms. The summed E-state index contributed by atoms with van der Waals surface area (Å²) in [4.78, 5) is 30.5. The summed E-state index contributed by atoms with van der Waals surface area (Å²) in [5.41, 5.74) is 3.47. The maximum atomic E-state index is 13.0. The Morgan fingerprint density at radius 3 is 2.70 bits per heavy atom. The number of carbonyl (C=O) groups is 1. The van der Waals surface area contributed by atoms with E-state index in [0.29, 0.717) is 21.9 Å². The van der Waals surface area contributed by atoms with Gasteiger partial charge in [-0.3, -0.25) is 14.0 Å². The van der Waals surface area contributed by atoms with Gasteiger partial charge in [-0.05, 0) is 35.9 Å². The molecule has 0 aliphatic carbocycles. The molecule has 0 unspecified atom stereocenters. The SMILES string of the molecule is Cc1cc(=O)n2c(-c3cccc(NC(=O)c4cccc5ccccc45)c3)csc2n1. The van der Waals surface area contributed by atoms with E-state index in [0.717, 1.165) is 22.0 Å². The molecule has 2 aromatic heterocycles. The number of nitrogens with one attached hydrogen (secondary N) is 1. The predicted molar refractivity (Wildman–Crippen MR) is 121 cm³/mol. The zero-order valence-corrected chi connectivity index (χ0v) is 16.9. The van der Waals surface area contributed by atoms with Gasteiger partial charge in [0.05, 0.1) is 5.69 Å². The second-order valence-corrected chi connectivity index (χ2v) is 7.87. The first-order valence-corrected chi connectivity index (χ1v) is 10.4. The number of fused-ring (bicyclic) bond motifs is 2. The van der Waals surface area contributed by atoms with Crippen LogP contribution in [0.25, 0.3) is 27.0 Å². The van der Waals surface area contributed by atoms with Crippen LogP contribution in [0.15, 0.2) is 83.0 Å². The van der Waals surface area contributed by atoms with E-state index in [1.165, 1.54) is 17.4 Å². The molecule has 0 spiro atoms. The summed E-state index contributed by atoms with van der Waals surface area (Å²) in [7, 11) is 0. The fourth-order valence-electron chi connectivity index (χ4n) is 3.61. The molecule has 0 atom stereocenters. The van der Waals surface area contributed by atoms with Crippen molar-refractivity contribution in [2.75, 3.05) is 5.32 Å². The molecule has 3 aromatic carbocycles. The van der Waals surface area contributed by atoms with Crippen molar-refractivity contribution < 1.29 is 4.79 Å². The number of aromatic nitrogens is 2. The number of rotatable bonds is 3. The molecule has 5 nitrogen and oxygen atoms in total. The molecule has 0 saturated carbocycles. The Bertz CT molecular complexity index is 1480. The van der Waals surface area contributed by atoms with Gasteiger partial charge in [-0.25, -0.2) is 4.98 Å². The van der Waals surface area contributed by atoms with E-state index in [4.69, 9.17) is 0 Å². The average Bonchev–Trinajstić information content (AvgIpc) is 3.18. The summed E-state index contributed by atoms with van der Waals surface area (Å²) in [5, 5.41) is 6.82. The highest BCUT2D eigenvalue weighted by Gasteiger charge is 2.13. The van der Waals surface area contributed by atoms with E-state index in [2.05, 4.69) is 10.3 Å². The molecule has 5 aromatic rings. The van der Waals surface area contributed by atoms with Gasteiger partial charge in [0, 0.05) is 34.0 Å². The normalized spacial score (nSPS) is 11.1. The van der Waals surface area contributed by atoms with Gasteiger partial charge in [0.2, 0.25) is 0 Å². The number of hydrogen-bond donors (Lipinski definition) is 1. The van der Waals surface area contributed by atoms with Crippen molar-refractivity contribution in [3.8, 4) is 11.3 Å². The second kappa shape index (κ2) is 7.24. The third kappa shape index (κ3) is 3.17. The largest absolute Gasteiger partial charge is 0.322 e. The highest BCUT2D eigenvalue weighted by molar-refractivity contribution is 7.15. The van der Waals surface area contributed by atoms with Crippen LogP contribution in [0.2, 0.25) is 0 Å². The number of thiazole rings is 1. The zero-order valence-electron chi connectivity index (χ0n) is 16.1. The van der Waals surface area contributed by atoms with Gasteiger partial charge in [-0.1, -0.05) is 48.5 Å². The Morgan fingerprint density at radius 2 is 1.80 bits per heavy atom. The summed E-state index contributed by atoms with van der Waals surface area (Å²) < 4.78 is 1.60. The highest BCUT2D eigenvalue weighted by Crippen LogP contribution is 2.27. The molecule has 5 rings (SSSR count). The minimum atomic E-state index is -0.173. The number of hydrogen-bond acceptors (Lipinski definition) is 4. The molecule has 2 heterocycles. The van der Waals surface area contributed by atoms with Gasteiger partial charge in [-0.15, -0.1) is 11.3 Å². The average molecular weight is 411 g/mol. The van der Waals surface area contributed by atoms with Crippen molar-refractivity contribution in [1.29, 1.82) is 0 Å². The van der Waals surface area contributed by atoms with E-state index >= 15 is 0 Å². The number of aryl methyl sites for hydroxylation is 1. The molecule has 0 saturated heterocycles. The number of amides is 1. The minimum Gasteiger partial charge on any atom is -0.322 e. The van der Waals surface area contributed by atoms with E-state index in [-0.39, 0.29) is 11.5 Å². The molecule has 0 aliphatic heterocycles.